The largest absolute Gasteiger partial charge is 0.507 e. The lowest BCUT2D eigenvalue weighted by Gasteiger charge is -2.31. The number of rotatable bonds is 6. The van der Waals surface area contributed by atoms with Gasteiger partial charge in [-0.1, -0.05) is 23.7 Å². The van der Waals surface area contributed by atoms with E-state index >= 15 is 0 Å². The highest BCUT2D eigenvalue weighted by atomic mass is 35.5. The Hall–Kier alpha value is -2.94. The maximum atomic E-state index is 14.1. The zero-order valence-corrected chi connectivity index (χ0v) is 18.8. The van der Waals surface area contributed by atoms with Crippen molar-refractivity contribution in [3.63, 3.8) is 0 Å². The van der Waals surface area contributed by atoms with Crippen LogP contribution in [0.4, 0.5) is 4.39 Å². The number of carbonyl (C=O) groups excluding carboxylic acids is 2. The molecule has 4 rings (SSSR count). The van der Waals surface area contributed by atoms with Crippen molar-refractivity contribution in [2.24, 2.45) is 0 Å². The monoisotopic (exact) mass is 474 g/mol. The van der Waals surface area contributed by atoms with Crippen LogP contribution in [0.1, 0.15) is 17.2 Å². The van der Waals surface area contributed by atoms with Crippen molar-refractivity contribution in [1.29, 1.82) is 0 Å². The van der Waals surface area contributed by atoms with Crippen molar-refractivity contribution in [1.82, 2.24) is 9.80 Å². The first-order chi connectivity index (χ1) is 15.9. The third-order valence-corrected chi connectivity index (χ3v) is 6.19. The molecule has 2 saturated heterocycles. The molecule has 0 aliphatic carbocycles. The molecule has 2 aliphatic heterocycles. The van der Waals surface area contributed by atoms with Crippen LogP contribution in [-0.4, -0.2) is 73.1 Å². The number of Topliss-reactive ketones (excluding diaryl/α,β-unsaturated/α-hetero) is 1. The molecule has 0 radical (unpaired) electrons. The molecule has 0 aromatic heterocycles. The van der Waals surface area contributed by atoms with E-state index in [1.807, 2.05) is 0 Å². The number of benzene rings is 2. The summed E-state index contributed by atoms with van der Waals surface area (Å²) in [7, 11) is 1.46. The Morgan fingerprint density at radius 1 is 1.18 bits per heavy atom. The average Bonchev–Trinajstić information content (AvgIpc) is 3.07. The Balaban J connectivity index is 1.75. The van der Waals surface area contributed by atoms with E-state index in [-0.39, 0.29) is 28.5 Å². The summed E-state index contributed by atoms with van der Waals surface area (Å²) in [6, 6.07) is 9.33. The first-order valence-electron chi connectivity index (χ1n) is 10.6. The number of halogens is 2. The fourth-order valence-corrected chi connectivity index (χ4v) is 4.43. The Morgan fingerprint density at radius 2 is 1.94 bits per heavy atom. The van der Waals surface area contributed by atoms with E-state index in [1.54, 1.807) is 18.2 Å². The third-order valence-electron chi connectivity index (χ3n) is 5.89. The smallest absolute Gasteiger partial charge is 0.295 e. The molecule has 2 heterocycles. The van der Waals surface area contributed by atoms with Gasteiger partial charge in [-0.2, -0.15) is 0 Å². The second-order valence-electron chi connectivity index (χ2n) is 7.85. The number of aliphatic hydroxyl groups is 1. The summed E-state index contributed by atoms with van der Waals surface area (Å²) in [5.74, 6) is -2.03. The van der Waals surface area contributed by atoms with Gasteiger partial charge in [-0.15, -0.1) is 0 Å². The van der Waals surface area contributed by atoms with Crippen molar-refractivity contribution < 1.29 is 28.6 Å². The quantitative estimate of drug-likeness (QED) is 0.393. The highest BCUT2D eigenvalue weighted by molar-refractivity contribution is 6.46. The molecule has 2 aromatic carbocycles. The fraction of sp³-hybridized carbons (Fsp3) is 0.333. The van der Waals surface area contributed by atoms with E-state index in [0.29, 0.717) is 31.1 Å². The molecule has 1 atom stereocenters. The van der Waals surface area contributed by atoms with Crippen LogP contribution >= 0.6 is 11.6 Å². The van der Waals surface area contributed by atoms with Gasteiger partial charge in [0.1, 0.15) is 17.3 Å². The molecule has 0 spiro atoms. The summed E-state index contributed by atoms with van der Waals surface area (Å²) >= 11 is 6.20. The second kappa shape index (κ2) is 9.91. The van der Waals surface area contributed by atoms with Crippen LogP contribution in [0.15, 0.2) is 48.0 Å². The lowest BCUT2D eigenvalue weighted by molar-refractivity contribution is -0.140. The number of likely N-dealkylation sites (tertiary alicyclic amines) is 1. The van der Waals surface area contributed by atoms with Gasteiger partial charge in [0.25, 0.3) is 11.7 Å². The van der Waals surface area contributed by atoms with Gasteiger partial charge >= 0.3 is 0 Å². The van der Waals surface area contributed by atoms with Crippen molar-refractivity contribution in [2.75, 3.05) is 46.5 Å². The molecule has 1 N–H and O–H groups in total. The van der Waals surface area contributed by atoms with Gasteiger partial charge < -0.3 is 19.5 Å². The predicted molar refractivity (Wildman–Crippen MR) is 121 cm³/mol. The summed E-state index contributed by atoms with van der Waals surface area (Å²) in [5, 5.41) is 11.3. The van der Waals surface area contributed by atoms with Crippen LogP contribution in [0.25, 0.3) is 5.76 Å². The maximum Gasteiger partial charge on any atom is 0.295 e. The Labute approximate surface area is 195 Å². The fourth-order valence-electron chi connectivity index (χ4n) is 4.18. The van der Waals surface area contributed by atoms with Crippen molar-refractivity contribution in [3.05, 3.63) is 70.0 Å². The predicted octanol–water partition coefficient (Wildman–Crippen LogP) is 3.24. The van der Waals surface area contributed by atoms with Gasteiger partial charge in [0.2, 0.25) is 0 Å². The molecular formula is C24H24ClFN2O5. The highest BCUT2D eigenvalue weighted by Crippen LogP contribution is 2.40. The first kappa shape index (κ1) is 23.2. The number of carbonyl (C=O) groups is 2. The number of hydrogen-bond donors (Lipinski definition) is 1. The van der Waals surface area contributed by atoms with E-state index < -0.39 is 23.5 Å². The maximum absolute atomic E-state index is 14.1. The minimum Gasteiger partial charge on any atom is -0.507 e. The number of nitrogens with zero attached hydrogens (tertiary/aromatic N) is 2. The number of methoxy groups -OCH3 is 1. The number of ketones is 1. The molecule has 0 bridgehead atoms. The summed E-state index contributed by atoms with van der Waals surface area (Å²) < 4.78 is 24.6. The van der Waals surface area contributed by atoms with E-state index in [1.165, 1.54) is 36.3 Å². The van der Waals surface area contributed by atoms with Crippen molar-refractivity contribution in [3.8, 4) is 5.75 Å². The van der Waals surface area contributed by atoms with E-state index in [9.17, 15) is 19.1 Å². The number of hydrogen-bond acceptors (Lipinski definition) is 6. The van der Waals surface area contributed by atoms with Gasteiger partial charge in [-0.05, 0) is 35.9 Å². The molecule has 9 heteroatoms. The molecule has 2 aromatic rings. The summed E-state index contributed by atoms with van der Waals surface area (Å²) in [4.78, 5) is 29.6. The van der Waals surface area contributed by atoms with Crippen LogP contribution in [0.5, 0.6) is 5.75 Å². The average molecular weight is 475 g/mol. The highest BCUT2D eigenvalue weighted by Gasteiger charge is 2.46. The van der Waals surface area contributed by atoms with Crippen LogP contribution in [0, 0.1) is 5.82 Å². The van der Waals surface area contributed by atoms with Crippen LogP contribution in [0.2, 0.25) is 5.02 Å². The molecule has 0 saturated carbocycles. The Bertz CT molecular complexity index is 1100. The van der Waals surface area contributed by atoms with Crippen LogP contribution in [0.3, 0.4) is 0 Å². The molecule has 33 heavy (non-hydrogen) atoms. The lowest BCUT2D eigenvalue weighted by Crippen LogP contribution is -2.42. The van der Waals surface area contributed by atoms with Gasteiger partial charge in [0.05, 0.1) is 37.0 Å². The Kier molecular flexibility index (Phi) is 6.97. The molecule has 2 fully saturated rings. The van der Waals surface area contributed by atoms with E-state index in [2.05, 4.69) is 4.90 Å². The third kappa shape index (κ3) is 4.73. The molecule has 2 aliphatic rings. The molecular weight excluding hydrogens is 451 g/mol. The second-order valence-corrected chi connectivity index (χ2v) is 8.26. The zero-order valence-electron chi connectivity index (χ0n) is 18.1. The first-order valence-corrected chi connectivity index (χ1v) is 11.0. The number of ether oxygens (including phenoxy) is 2. The van der Waals surface area contributed by atoms with Crippen LogP contribution in [-0.2, 0) is 14.3 Å². The van der Waals surface area contributed by atoms with Crippen molar-refractivity contribution in [2.45, 2.75) is 6.04 Å². The topological polar surface area (TPSA) is 79.3 Å². The summed E-state index contributed by atoms with van der Waals surface area (Å²) in [6.07, 6.45) is 0. The summed E-state index contributed by atoms with van der Waals surface area (Å²) in [6.45, 7) is 3.41. The number of aliphatic hydroxyl groups excluding tert-OH is 1. The minimum absolute atomic E-state index is 0.103. The van der Waals surface area contributed by atoms with Crippen LogP contribution < -0.4 is 4.74 Å². The molecule has 1 amide bonds. The normalized spacial score (nSPS) is 20.9. The van der Waals surface area contributed by atoms with Gasteiger partial charge in [0, 0.05) is 31.7 Å². The van der Waals surface area contributed by atoms with Gasteiger partial charge in [-0.25, -0.2) is 4.39 Å². The summed E-state index contributed by atoms with van der Waals surface area (Å²) in [5.41, 5.74) is 0.555. The number of amides is 1. The SMILES string of the molecule is COc1ccc(C(O)=C2C(=O)C(=O)N(CCN3CCOCC3)C2c2cccc(F)c2)cc1Cl. The standard InChI is InChI=1S/C24H24ClFN2O5/c1-32-19-6-5-16(14-18(19)25)22(29)20-21(15-3-2-4-17(26)13-15)28(24(31)23(20)30)8-7-27-9-11-33-12-10-27/h2-6,13-14,21,29H,7-12H2,1H3. The van der Waals surface area contributed by atoms with E-state index in [0.717, 1.165) is 13.1 Å². The van der Waals surface area contributed by atoms with Crippen molar-refractivity contribution >= 4 is 29.1 Å². The van der Waals surface area contributed by atoms with Gasteiger partial charge in [-0.3, -0.25) is 14.5 Å². The zero-order chi connectivity index (χ0) is 23.5. The molecule has 174 valence electrons. The number of morpholine rings is 1. The van der Waals surface area contributed by atoms with E-state index in [4.69, 9.17) is 21.1 Å². The lowest BCUT2D eigenvalue weighted by atomic mass is 9.95. The minimum atomic E-state index is -0.928. The Morgan fingerprint density at radius 3 is 2.61 bits per heavy atom. The van der Waals surface area contributed by atoms with Gasteiger partial charge in [0.15, 0.2) is 0 Å². The molecule has 7 nitrogen and oxygen atoms in total. The molecule has 1 unspecified atom stereocenters.